The van der Waals surface area contributed by atoms with Gasteiger partial charge in [0.05, 0.1) is 0 Å². The first-order valence-electron chi connectivity index (χ1n) is 5.66. The predicted octanol–water partition coefficient (Wildman–Crippen LogP) is 3.09. The zero-order chi connectivity index (χ0) is 13.7. The summed E-state index contributed by atoms with van der Waals surface area (Å²) in [5, 5.41) is 11.9. The molecule has 0 spiro atoms. The number of carboxylic acid groups (broad SMARTS) is 1. The number of rotatable bonds is 5. The van der Waals surface area contributed by atoms with Crippen LogP contribution in [0.3, 0.4) is 0 Å². The Morgan fingerprint density at radius 1 is 1.39 bits per heavy atom. The van der Waals surface area contributed by atoms with Gasteiger partial charge in [0, 0.05) is 23.6 Å². The van der Waals surface area contributed by atoms with Crippen molar-refractivity contribution < 1.29 is 14.7 Å². The molecule has 1 aromatic rings. The number of nitrogens with one attached hydrogen (secondary N) is 1. The largest absolute Gasteiger partial charge is 0.481 e. The number of benzene rings is 1. The normalized spacial score (nSPS) is 11.9. The van der Waals surface area contributed by atoms with Crippen LogP contribution in [0, 0.1) is 12.8 Å². The van der Waals surface area contributed by atoms with Crippen molar-refractivity contribution in [2.24, 2.45) is 5.92 Å². The van der Waals surface area contributed by atoms with Crippen molar-refractivity contribution >= 4 is 29.2 Å². The zero-order valence-corrected chi connectivity index (χ0v) is 11.1. The Hall–Kier alpha value is -1.55. The van der Waals surface area contributed by atoms with E-state index >= 15 is 0 Å². The Kier molecular flexibility index (Phi) is 5.16. The number of hydrogen-bond donors (Lipinski definition) is 2. The number of amides is 1. The molecule has 0 aromatic heterocycles. The number of halogens is 1. The van der Waals surface area contributed by atoms with Gasteiger partial charge in [0.15, 0.2) is 0 Å². The lowest BCUT2D eigenvalue weighted by molar-refractivity contribution is -0.138. The molecule has 0 heterocycles. The molecule has 4 nitrogen and oxygen atoms in total. The lowest BCUT2D eigenvalue weighted by Gasteiger charge is -2.10. The number of carbonyl (C=O) groups is 2. The van der Waals surface area contributed by atoms with Crippen molar-refractivity contribution in [2.75, 3.05) is 5.32 Å². The second-order valence-corrected chi connectivity index (χ2v) is 4.83. The van der Waals surface area contributed by atoms with Crippen LogP contribution in [-0.4, -0.2) is 17.0 Å². The summed E-state index contributed by atoms with van der Waals surface area (Å²) in [5.74, 6) is -1.29. The van der Waals surface area contributed by atoms with Crippen molar-refractivity contribution in [2.45, 2.75) is 26.7 Å². The molecular formula is C13H16ClNO3. The monoisotopic (exact) mass is 269 g/mol. The van der Waals surface area contributed by atoms with E-state index in [1.54, 1.807) is 19.1 Å². The van der Waals surface area contributed by atoms with Gasteiger partial charge >= 0.3 is 5.97 Å². The van der Waals surface area contributed by atoms with Gasteiger partial charge in [-0.05, 0) is 30.5 Å². The van der Waals surface area contributed by atoms with Crippen molar-refractivity contribution in [1.29, 1.82) is 0 Å². The van der Waals surface area contributed by atoms with Crippen LogP contribution in [-0.2, 0) is 9.59 Å². The molecule has 0 fully saturated rings. The van der Waals surface area contributed by atoms with E-state index in [1.807, 2.05) is 13.0 Å². The maximum Gasteiger partial charge on any atom is 0.303 e. The molecule has 1 atom stereocenters. The van der Waals surface area contributed by atoms with Crippen molar-refractivity contribution in [1.82, 2.24) is 0 Å². The molecule has 0 radical (unpaired) electrons. The van der Waals surface area contributed by atoms with Crippen molar-refractivity contribution in [3.8, 4) is 0 Å². The van der Waals surface area contributed by atoms with Crippen LogP contribution in [0.4, 0.5) is 5.69 Å². The van der Waals surface area contributed by atoms with Gasteiger partial charge in [0.1, 0.15) is 0 Å². The SMILES string of the molecule is Cc1ccc(NC(=O)C[C@@H](C)CC(=O)O)cc1Cl. The second kappa shape index (κ2) is 6.40. The molecule has 0 aliphatic carbocycles. The van der Waals surface area contributed by atoms with Crippen LogP contribution in [0.1, 0.15) is 25.3 Å². The highest BCUT2D eigenvalue weighted by Crippen LogP contribution is 2.20. The van der Waals surface area contributed by atoms with Gasteiger partial charge in [-0.2, -0.15) is 0 Å². The first kappa shape index (κ1) is 14.5. The van der Waals surface area contributed by atoms with Gasteiger partial charge in [0.25, 0.3) is 0 Å². The minimum absolute atomic E-state index is 0.0118. The van der Waals surface area contributed by atoms with Crippen molar-refractivity contribution in [3.63, 3.8) is 0 Å². The molecule has 98 valence electrons. The molecule has 1 amide bonds. The molecule has 18 heavy (non-hydrogen) atoms. The summed E-state index contributed by atoms with van der Waals surface area (Å²) < 4.78 is 0. The lowest BCUT2D eigenvalue weighted by Crippen LogP contribution is -2.16. The molecule has 0 unspecified atom stereocenters. The molecule has 0 aliphatic heterocycles. The first-order chi connectivity index (χ1) is 8.38. The predicted molar refractivity (Wildman–Crippen MR) is 70.9 cm³/mol. The fourth-order valence-corrected chi connectivity index (χ4v) is 1.75. The molecule has 0 saturated heterocycles. The molecule has 1 aromatic carbocycles. The number of aryl methyl sites for hydroxylation is 1. The third kappa shape index (κ3) is 4.75. The average Bonchev–Trinajstić information content (AvgIpc) is 2.21. The standard InChI is InChI=1S/C13H16ClNO3/c1-8(6-13(17)18)5-12(16)15-10-4-3-9(2)11(14)7-10/h3-4,7-8H,5-6H2,1-2H3,(H,15,16)(H,17,18)/t8-/m1/s1. The Morgan fingerprint density at radius 2 is 2.06 bits per heavy atom. The van der Waals surface area contributed by atoms with Gasteiger partial charge in [-0.3, -0.25) is 9.59 Å². The topological polar surface area (TPSA) is 66.4 Å². The van der Waals surface area contributed by atoms with Crippen LogP contribution in [0.2, 0.25) is 5.02 Å². The average molecular weight is 270 g/mol. The Balaban J connectivity index is 2.54. The van der Waals surface area contributed by atoms with Crippen LogP contribution >= 0.6 is 11.6 Å². The zero-order valence-electron chi connectivity index (χ0n) is 10.4. The summed E-state index contributed by atoms with van der Waals surface area (Å²) in [6, 6.07) is 5.26. The van der Waals surface area contributed by atoms with E-state index in [9.17, 15) is 9.59 Å². The number of aliphatic carboxylic acids is 1. The van der Waals surface area contributed by atoms with E-state index < -0.39 is 5.97 Å². The van der Waals surface area contributed by atoms with E-state index in [0.29, 0.717) is 10.7 Å². The van der Waals surface area contributed by atoms with Crippen LogP contribution in [0.5, 0.6) is 0 Å². The summed E-state index contributed by atoms with van der Waals surface area (Å²) in [7, 11) is 0. The molecule has 0 aliphatic rings. The highest BCUT2D eigenvalue weighted by atomic mass is 35.5. The molecule has 5 heteroatoms. The Bertz CT molecular complexity index is 460. The summed E-state index contributed by atoms with van der Waals surface area (Å²) in [6.45, 7) is 3.61. The maximum atomic E-state index is 11.7. The highest BCUT2D eigenvalue weighted by Gasteiger charge is 2.12. The lowest BCUT2D eigenvalue weighted by atomic mass is 10.0. The van der Waals surface area contributed by atoms with Gasteiger partial charge in [-0.1, -0.05) is 24.6 Å². The maximum absolute atomic E-state index is 11.7. The summed E-state index contributed by atoms with van der Waals surface area (Å²) in [6.07, 6.45) is 0.167. The summed E-state index contributed by atoms with van der Waals surface area (Å²) >= 11 is 5.94. The third-order valence-corrected chi connectivity index (χ3v) is 2.92. The first-order valence-corrected chi connectivity index (χ1v) is 6.04. The van der Waals surface area contributed by atoms with Crippen LogP contribution in [0.15, 0.2) is 18.2 Å². The Labute approximate surface area is 111 Å². The quantitative estimate of drug-likeness (QED) is 0.863. The molecule has 0 saturated carbocycles. The van der Waals surface area contributed by atoms with Crippen LogP contribution < -0.4 is 5.32 Å². The van der Waals surface area contributed by atoms with Gasteiger partial charge in [-0.25, -0.2) is 0 Å². The number of hydrogen-bond acceptors (Lipinski definition) is 2. The van der Waals surface area contributed by atoms with E-state index in [0.717, 1.165) is 5.56 Å². The fourth-order valence-electron chi connectivity index (χ4n) is 1.57. The third-order valence-electron chi connectivity index (χ3n) is 2.51. The fraction of sp³-hybridized carbons (Fsp3) is 0.385. The number of carboxylic acids is 1. The molecule has 2 N–H and O–H groups in total. The highest BCUT2D eigenvalue weighted by molar-refractivity contribution is 6.31. The molecule has 1 rings (SSSR count). The minimum atomic E-state index is -0.895. The van der Waals surface area contributed by atoms with E-state index in [4.69, 9.17) is 16.7 Å². The minimum Gasteiger partial charge on any atom is -0.481 e. The van der Waals surface area contributed by atoms with E-state index in [-0.39, 0.29) is 24.7 Å². The van der Waals surface area contributed by atoms with Gasteiger partial charge in [-0.15, -0.1) is 0 Å². The summed E-state index contributed by atoms with van der Waals surface area (Å²) in [5.41, 5.74) is 1.56. The van der Waals surface area contributed by atoms with Crippen molar-refractivity contribution in [3.05, 3.63) is 28.8 Å². The number of anilines is 1. The molecule has 0 bridgehead atoms. The summed E-state index contributed by atoms with van der Waals surface area (Å²) in [4.78, 5) is 22.1. The van der Waals surface area contributed by atoms with E-state index in [1.165, 1.54) is 0 Å². The number of carbonyl (C=O) groups excluding carboxylic acids is 1. The second-order valence-electron chi connectivity index (χ2n) is 4.42. The van der Waals surface area contributed by atoms with Gasteiger partial charge in [0.2, 0.25) is 5.91 Å². The van der Waals surface area contributed by atoms with Gasteiger partial charge < -0.3 is 10.4 Å². The van der Waals surface area contributed by atoms with Crippen LogP contribution in [0.25, 0.3) is 0 Å². The smallest absolute Gasteiger partial charge is 0.303 e. The van der Waals surface area contributed by atoms with E-state index in [2.05, 4.69) is 5.32 Å². The molecular weight excluding hydrogens is 254 g/mol. The Morgan fingerprint density at radius 3 is 2.61 bits per heavy atom.